The lowest BCUT2D eigenvalue weighted by Gasteiger charge is -2.26. The summed E-state index contributed by atoms with van der Waals surface area (Å²) in [6.45, 7) is 0. The van der Waals surface area contributed by atoms with Crippen LogP contribution in [0.2, 0.25) is 0 Å². The summed E-state index contributed by atoms with van der Waals surface area (Å²) in [5.74, 6) is 0. The van der Waals surface area contributed by atoms with Crippen LogP contribution in [-0.2, 0) is 0 Å². The maximum absolute atomic E-state index is 5.08. The molecule has 11 aromatic rings. The van der Waals surface area contributed by atoms with Crippen molar-refractivity contribution in [3.05, 3.63) is 146 Å². The number of anilines is 3. The van der Waals surface area contributed by atoms with E-state index in [-0.39, 0.29) is 0 Å². The molecule has 4 aromatic heterocycles. The number of fused-ring (bicyclic) bond motifs is 11. The summed E-state index contributed by atoms with van der Waals surface area (Å²) in [6, 6.07) is 53.3. The monoisotopic (exact) mass is 696 g/mol. The largest absolute Gasteiger partial charge is 0.309 e. The highest BCUT2D eigenvalue weighted by Gasteiger charge is 2.22. The quantitative estimate of drug-likeness (QED) is 0.182. The standard InChI is InChI=1S/C43H24N2S4/c1-2-9-25(10-3-1)43-44-33-21-22-37-40(42(33)49-43)32-13-8-14-34(41(32)48-37)45(26-17-19-30-28-11-4-6-15-35(28)46-38(30)23-26)27-18-20-31-29-12-5-7-16-36(29)47-39(31)24-27/h1-24H. The van der Waals surface area contributed by atoms with Crippen LogP contribution in [0.4, 0.5) is 17.1 Å². The fourth-order valence-electron chi connectivity index (χ4n) is 7.27. The van der Waals surface area contributed by atoms with Gasteiger partial charge in [0.15, 0.2) is 0 Å². The molecule has 0 fully saturated rings. The molecule has 2 nitrogen and oxygen atoms in total. The highest BCUT2D eigenvalue weighted by molar-refractivity contribution is 7.28. The lowest BCUT2D eigenvalue weighted by molar-refractivity contribution is 1.32. The van der Waals surface area contributed by atoms with Crippen molar-refractivity contribution < 1.29 is 0 Å². The number of thiophene rings is 3. The van der Waals surface area contributed by atoms with E-state index < -0.39 is 0 Å². The van der Waals surface area contributed by atoms with E-state index in [0.29, 0.717) is 0 Å². The zero-order chi connectivity index (χ0) is 32.1. The SMILES string of the molecule is c1ccc(-c2nc3ccc4sc5c(N(c6ccc7c(c6)sc6ccccc67)c6ccc7c(c6)sc6ccccc67)cccc5c4c3s2)cc1. The van der Waals surface area contributed by atoms with E-state index in [1.807, 2.05) is 34.0 Å². The second kappa shape index (κ2) is 10.7. The van der Waals surface area contributed by atoms with E-state index in [0.717, 1.165) is 16.1 Å². The minimum Gasteiger partial charge on any atom is -0.309 e. The predicted molar refractivity (Wildman–Crippen MR) is 218 cm³/mol. The van der Waals surface area contributed by atoms with Gasteiger partial charge in [-0.05, 0) is 54.6 Å². The number of nitrogens with zero attached hydrogens (tertiary/aromatic N) is 2. The van der Waals surface area contributed by atoms with Crippen molar-refractivity contribution in [1.29, 1.82) is 0 Å². The third kappa shape index (κ3) is 4.25. The summed E-state index contributed by atoms with van der Waals surface area (Å²) < 4.78 is 9.08. The molecule has 0 radical (unpaired) electrons. The first-order chi connectivity index (χ1) is 24.3. The van der Waals surface area contributed by atoms with Gasteiger partial charge in [0.2, 0.25) is 0 Å². The first-order valence-corrected chi connectivity index (χ1v) is 19.5. The molecule has 0 amide bonds. The highest BCUT2D eigenvalue weighted by Crippen LogP contribution is 2.49. The minimum atomic E-state index is 1.06. The van der Waals surface area contributed by atoms with Gasteiger partial charge in [0, 0.05) is 72.8 Å². The molecule has 0 spiro atoms. The van der Waals surface area contributed by atoms with E-state index in [1.165, 1.54) is 82.3 Å². The summed E-state index contributed by atoms with van der Waals surface area (Å²) in [4.78, 5) is 7.56. The molecular weight excluding hydrogens is 673 g/mol. The summed E-state index contributed by atoms with van der Waals surface area (Å²) in [5.41, 5.74) is 5.75. The van der Waals surface area contributed by atoms with Crippen molar-refractivity contribution in [2.24, 2.45) is 0 Å². The molecule has 0 aliphatic carbocycles. The lowest BCUT2D eigenvalue weighted by atomic mass is 10.1. The van der Waals surface area contributed by atoms with Gasteiger partial charge < -0.3 is 4.90 Å². The first-order valence-electron chi connectivity index (χ1n) is 16.2. The van der Waals surface area contributed by atoms with Crippen LogP contribution in [0.5, 0.6) is 0 Å². The molecule has 0 aliphatic heterocycles. The van der Waals surface area contributed by atoms with Gasteiger partial charge >= 0.3 is 0 Å². The van der Waals surface area contributed by atoms with Gasteiger partial charge in [0.05, 0.1) is 20.6 Å². The van der Waals surface area contributed by atoms with Crippen LogP contribution in [-0.4, -0.2) is 4.98 Å². The van der Waals surface area contributed by atoms with Crippen molar-refractivity contribution in [3.63, 3.8) is 0 Å². The third-order valence-electron chi connectivity index (χ3n) is 9.50. The number of rotatable bonds is 4. The third-order valence-corrected chi connectivity index (χ3v) is 14.1. The van der Waals surface area contributed by atoms with Gasteiger partial charge in [-0.25, -0.2) is 4.98 Å². The smallest absolute Gasteiger partial charge is 0.124 e. The molecule has 7 aromatic carbocycles. The Bertz CT molecular complexity index is 2960. The second-order valence-electron chi connectivity index (χ2n) is 12.3. The fraction of sp³-hybridized carbons (Fsp3) is 0. The first kappa shape index (κ1) is 27.8. The van der Waals surface area contributed by atoms with Crippen LogP contribution in [0.3, 0.4) is 0 Å². The maximum Gasteiger partial charge on any atom is 0.124 e. The Balaban J connectivity index is 1.17. The Hall–Kier alpha value is -5.11. The Labute approximate surface area is 297 Å². The molecule has 6 heteroatoms. The number of benzene rings is 7. The van der Waals surface area contributed by atoms with Gasteiger partial charge in [0.1, 0.15) is 5.01 Å². The van der Waals surface area contributed by atoms with E-state index in [9.17, 15) is 0 Å². The van der Waals surface area contributed by atoms with Crippen molar-refractivity contribution in [1.82, 2.24) is 4.98 Å². The number of hydrogen-bond acceptors (Lipinski definition) is 6. The molecule has 0 N–H and O–H groups in total. The summed E-state index contributed by atoms with van der Waals surface area (Å²) in [5, 5.41) is 8.91. The number of thiazole rings is 1. The van der Waals surface area contributed by atoms with Crippen LogP contribution in [0, 0.1) is 0 Å². The fourth-order valence-corrected chi connectivity index (χ4v) is 12.0. The molecule has 0 bridgehead atoms. The molecule has 11 rings (SSSR count). The second-order valence-corrected chi connectivity index (χ2v) is 16.5. The summed E-state index contributed by atoms with van der Waals surface area (Å²) in [6.07, 6.45) is 0. The minimum absolute atomic E-state index is 1.06. The van der Waals surface area contributed by atoms with E-state index >= 15 is 0 Å². The predicted octanol–water partition coefficient (Wildman–Crippen LogP) is 14.5. The molecule has 0 unspecified atom stereocenters. The zero-order valence-corrected chi connectivity index (χ0v) is 29.1. The van der Waals surface area contributed by atoms with Crippen molar-refractivity contribution in [3.8, 4) is 10.6 Å². The lowest BCUT2D eigenvalue weighted by Crippen LogP contribution is -2.09. The van der Waals surface area contributed by atoms with Crippen molar-refractivity contribution in [2.75, 3.05) is 4.90 Å². The Morgan fingerprint density at radius 2 is 1.02 bits per heavy atom. The molecule has 0 aliphatic rings. The molecule has 49 heavy (non-hydrogen) atoms. The summed E-state index contributed by atoms with van der Waals surface area (Å²) >= 11 is 7.42. The average Bonchev–Trinajstić information content (AvgIpc) is 3.93. The van der Waals surface area contributed by atoms with Gasteiger partial charge in [-0.1, -0.05) is 91.0 Å². The van der Waals surface area contributed by atoms with Crippen LogP contribution >= 0.6 is 45.3 Å². The van der Waals surface area contributed by atoms with Gasteiger partial charge in [0.25, 0.3) is 0 Å². The van der Waals surface area contributed by atoms with Gasteiger partial charge in [-0.15, -0.1) is 45.3 Å². The Kier molecular flexibility index (Phi) is 6.07. The maximum atomic E-state index is 5.08. The van der Waals surface area contributed by atoms with Crippen LogP contribution in [0.25, 0.3) is 81.3 Å². The molecule has 230 valence electrons. The molecular formula is C43H24N2S4. The molecule has 0 atom stereocenters. The number of aromatic nitrogens is 1. The number of hydrogen-bond donors (Lipinski definition) is 0. The van der Waals surface area contributed by atoms with Crippen LogP contribution in [0.1, 0.15) is 0 Å². The Morgan fingerprint density at radius 1 is 0.408 bits per heavy atom. The van der Waals surface area contributed by atoms with Crippen molar-refractivity contribution >= 4 is 133 Å². The normalized spacial score (nSPS) is 12.1. The van der Waals surface area contributed by atoms with Crippen LogP contribution in [0.15, 0.2) is 146 Å². The van der Waals surface area contributed by atoms with Crippen LogP contribution < -0.4 is 4.90 Å². The molecule has 4 heterocycles. The van der Waals surface area contributed by atoms with Crippen molar-refractivity contribution in [2.45, 2.75) is 0 Å². The van der Waals surface area contributed by atoms with Gasteiger partial charge in [-0.2, -0.15) is 0 Å². The zero-order valence-electron chi connectivity index (χ0n) is 25.9. The summed E-state index contributed by atoms with van der Waals surface area (Å²) in [7, 11) is 0. The Morgan fingerprint density at radius 3 is 1.71 bits per heavy atom. The van der Waals surface area contributed by atoms with E-state index in [2.05, 4.69) is 150 Å². The van der Waals surface area contributed by atoms with E-state index in [4.69, 9.17) is 4.98 Å². The molecule has 0 saturated heterocycles. The average molecular weight is 697 g/mol. The van der Waals surface area contributed by atoms with E-state index in [1.54, 1.807) is 11.3 Å². The molecule has 0 saturated carbocycles. The van der Waals surface area contributed by atoms with Gasteiger partial charge in [-0.3, -0.25) is 0 Å². The topological polar surface area (TPSA) is 16.1 Å². The highest BCUT2D eigenvalue weighted by atomic mass is 32.1.